The van der Waals surface area contributed by atoms with Gasteiger partial charge in [0.1, 0.15) is 6.23 Å². The summed E-state index contributed by atoms with van der Waals surface area (Å²) in [4.78, 5) is 2.13. The normalized spacial score (nSPS) is 30.0. The molecule has 2 nitrogen and oxygen atoms in total. The van der Waals surface area contributed by atoms with Crippen LogP contribution in [0.2, 0.25) is 0 Å². The Labute approximate surface area is 88.3 Å². The van der Waals surface area contributed by atoms with Gasteiger partial charge in [-0.25, -0.2) is 0 Å². The highest BCUT2D eigenvalue weighted by Crippen LogP contribution is 2.37. The van der Waals surface area contributed by atoms with E-state index in [2.05, 4.69) is 18.7 Å². The van der Waals surface area contributed by atoms with E-state index in [0.717, 1.165) is 0 Å². The summed E-state index contributed by atoms with van der Waals surface area (Å²) in [5, 5.41) is 9.62. The van der Waals surface area contributed by atoms with Crippen LogP contribution in [0.3, 0.4) is 0 Å². The smallest absolute Gasteiger partial charge is 0.104 e. The van der Waals surface area contributed by atoms with Gasteiger partial charge in [0.15, 0.2) is 0 Å². The molecular formula is C12H25NO. The highest BCUT2D eigenvalue weighted by atomic mass is 16.3. The van der Waals surface area contributed by atoms with Crippen molar-refractivity contribution in [2.24, 2.45) is 5.41 Å². The van der Waals surface area contributed by atoms with Crippen molar-refractivity contribution in [3.8, 4) is 0 Å². The first-order valence-corrected chi connectivity index (χ1v) is 5.85. The average molecular weight is 199 g/mol. The van der Waals surface area contributed by atoms with Gasteiger partial charge in [-0.3, -0.25) is 4.90 Å². The second kappa shape index (κ2) is 4.63. The Bertz CT molecular complexity index is 177. The molecule has 2 atom stereocenters. The zero-order valence-corrected chi connectivity index (χ0v) is 10.1. The molecule has 0 aromatic heterocycles. The molecule has 0 bridgehead atoms. The molecule has 0 heterocycles. The summed E-state index contributed by atoms with van der Waals surface area (Å²) in [5.74, 6) is 0. The molecule has 1 N–H and O–H groups in total. The van der Waals surface area contributed by atoms with Gasteiger partial charge in [0.05, 0.1) is 0 Å². The highest BCUT2D eigenvalue weighted by Gasteiger charge is 2.34. The van der Waals surface area contributed by atoms with Crippen LogP contribution in [-0.4, -0.2) is 29.3 Å². The Balaban J connectivity index is 2.71. The van der Waals surface area contributed by atoms with Crippen molar-refractivity contribution in [3.63, 3.8) is 0 Å². The van der Waals surface area contributed by atoms with Gasteiger partial charge in [-0.05, 0) is 32.2 Å². The van der Waals surface area contributed by atoms with E-state index < -0.39 is 0 Å². The summed E-state index contributed by atoms with van der Waals surface area (Å²) in [6, 6.07) is 0.532. The summed E-state index contributed by atoms with van der Waals surface area (Å²) in [7, 11) is 2.04. The van der Waals surface area contributed by atoms with Crippen LogP contribution in [-0.2, 0) is 0 Å². The second-order valence-corrected chi connectivity index (χ2v) is 5.40. The van der Waals surface area contributed by atoms with Crippen molar-refractivity contribution >= 4 is 0 Å². The molecule has 2 unspecified atom stereocenters. The minimum absolute atomic E-state index is 0.322. The van der Waals surface area contributed by atoms with Crippen molar-refractivity contribution in [3.05, 3.63) is 0 Å². The Kier molecular flexibility index (Phi) is 3.96. The SMILES string of the molecule is CC(O)N(C)C1CCCCCC1(C)C. The molecular weight excluding hydrogens is 174 g/mol. The topological polar surface area (TPSA) is 23.5 Å². The van der Waals surface area contributed by atoms with Gasteiger partial charge in [-0.2, -0.15) is 0 Å². The van der Waals surface area contributed by atoms with E-state index in [-0.39, 0.29) is 6.23 Å². The molecule has 1 aliphatic rings. The molecule has 0 amide bonds. The van der Waals surface area contributed by atoms with Gasteiger partial charge in [0, 0.05) is 6.04 Å². The third-order valence-corrected chi connectivity index (χ3v) is 3.78. The summed E-state index contributed by atoms with van der Waals surface area (Å²) >= 11 is 0. The first-order valence-electron chi connectivity index (χ1n) is 5.85. The van der Waals surface area contributed by atoms with Crippen molar-refractivity contribution in [2.45, 2.75) is 65.1 Å². The fraction of sp³-hybridized carbons (Fsp3) is 1.00. The predicted octanol–water partition coefficient (Wildman–Crippen LogP) is 2.62. The molecule has 1 aliphatic carbocycles. The molecule has 84 valence electrons. The molecule has 0 aliphatic heterocycles. The van der Waals surface area contributed by atoms with Crippen molar-refractivity contribution in [1.29, 1.82) is 0 Å². The van der Waals surface area contributed by atoms with E-state index in [0.29, 0.717) is 11.5 Å². The fourth-order valence-electron chi connectivity index (χ4n) is 2.67. The molecule has 0 aromatic rings. The quantitative estimate of drug-likeness (QED) is 0.546. The van der Waals surface area contributed by atoms with Gasteiger partial charge in [-0.1, -0.05) is 33.1 Å². The van der Waals surface area contributed by atoms with E-state index in [1.165, 1.54) is 32.1 Å². The molecule has 1 saturated carbocycles. The standard InChI is InChI=1S/C12H25NO/c1-10(14)13(4)11-8-6-5-7-9-12(11,2)3/h10-11,14H,5-9H2,1-4H3. The summed E-state index contributed by atoms with van der Waals surface area (Å²) in [6.07, 6.45) is 6.20. The highest BCUT2D eigenvalue weighted by molar-refractivity contribution is 4.87. The van der Waals surface area contributed by atoms with Gasteiger partial charge in [-0.15, -0.1) is 0 Å². The van der Waals surface area contributed by atoms with Gasteiger partial charge >= 0.3 is 0 Å². The zero-order valence-electron chi connectivity index (χ0n) is 10.1. The number of hydrogen-bond donors (Lipinski definition) is 1. The van der Waals surface area contributed by atoms with E-state index >= 15 is 0 Å². The maximum absolute atomic E-state index is 9.62. The average Bonchev–Trinajstić information content (AvgIpc) is 2.24. The minimum Gasteiger partial charge on any atom is -0.379 e. The van der Waals surface area contributed by atoms with Gasteiger partial charge in [0.25, 0.3) is 0 Å². The van der Waals surface area contributed by atoms with E-state index in [1.54, 1.807) is 0 Å². The van der Waals surface area contributed by atoms with Crippen LogP contribution < -0.4 is 0 Å². The zero-order chi connectivity index (χ0) is 10.8. The summed E-state index contributed by atoms with van der Waals surface area (Å²) in [5.41, 5.74) is 0.349. The van der Waals surface area contributed by atoms with Crippen LogP contribution in [0.25, 0.3) is 0 Å². The number of aliphatic hydroxyl groups excluding tert-OH is 1. The minimum atomic E-state index is -0.322. The van der Waals surface area contributed by atoms with E-state index in [9.17, 15) is 5.11 Å². The Morgan fingerprint density at radius 1 is 1.29 bits per heavy atom. The number of rotatable bonds is 2. The molecule has 2 heteroatoms. The Morgan fingerprint density at radius 3 is 2.50 bits per heavy atom. The lowest BCUT2D eigenvalue weighted by atomic mass is 9.79. The molecule has 1 fully saturated rings. The van der Waals surface area contributed by atoms with Crippen LogP contribution in [0.5, 0.6) is 0 Å². The number of aliphatic hydroxyl groups is 1. The Hall–Kier alpha value is -0.0800. The monoisotopic (exact) mass is 199 g/mol. The molecule has 1 rings (SSSR count). The lowest BCUT2D eigenvalue weighted by molar-refractivity contribution is -0.0315. The van der Waals surface area contributed by atoms with Crippen LogP contribution in [0, 0.1) is 5.41 Å². The number of nitrogens with zero attached hydrogens (tertiary/aromatic N) is 1. The summed E-state index contributed by atoms with van der Waals surface area (Å²) < 4.78 is 0. The first kappa shape index (κ1) is 12.0. The van der Waals surface area contributed by atoms with Crippen molar-refractivity contribution in [1.82, 2.24) is 4.90 Å². The molecule has 0 saturated heterocycles. The largest absolute Gasteiger partial charge is 0.379 e. The maximum atomic E-state index is 9.62. The van der Waals surface area contributed by atoms with E-state index in [1.807, 2.05) is 14.0 Å². The summed E-state index contributed by atoms with van der Waals surface area (Å²) in [6.45, 7) is 6.53. The Morgan fingerprint density at radius 2 is 1.93 bits per heavy atom. The van der Waals surface area contributed by atoms with Gasteiger partial charge < -0.3 is 5.11 Å². The maximum Gasteiger partial charge on any atom is 0.104 e. The van der Waals surface area contributed by atoms with Crippen LogP contribution in [0.1, 0.15) is 52.9 Å². The third-order valence-electron chi connectivity index (χ3n) is 3.78. The van der Waals surface area contributed by atoms with Crippen LogP contribution >= 0.6 is 0 Å². The molecule has 0 spiro atoms. The second-order valence-electron chi connectivity index (χ2n) is 5.40. The third kappa shape index (κ3) is 2.71. The van der Waals surface area contributed by atoms with Gasteiger partial charge in [0.2, 0.25) is 0 Å². The number of hydrogen-bond acceptors (Lipinski definition) is 2. The van der Waals surface area contributed by atoms with Crippen LogP contribution in [0.15, 0.2) is 0 Å². The van der Waals surface area contributed by atoms with Crippen LogP contribution in [0.4, 0.5) is 0 Å². The molecule has 0 aromatic carbocycles. The van der Waals surface area contributed by atoms with E-state index in [4.69, 9.17) is 0 Å². The lowest BCUT2D eigenvalue weighted by Gasteiger charge is -2.40. The fourth-order valence-corrected chi connectivity index (χ4v) is 2.67. The molecule has 14 heavy (non-hydrogen) atoms. The lowest BCUT2D eigenvalue weighted by Crippen LogP contribution is -2.46. The first-order chi connectivity index (χ1) is 6.45. The predicted molar refractivity (Wildman–Crippen MR) is 60.1 cm³/mol. The molecule has 0 radical (unpaired) electrons. The van der Waals surface area contributed by atoms with Crippen molar-refractivity contribution < 1.29 is 5.11 Å². The van der Waals surface area contributed by atoms with Crippen molar-refractivity contribution in [2.75, 3.05) is 7.05 Å².